The zero-order valence-corrected chi connectivity index (χ0v) is 20.5. The molecule has 0 aromatic heterocycles. The summed E-state index contributed by atoms with van der Waals surface area (Å²) in [5.74, 6) is -0.532. The molecule has 1 saturated heterocycles. The second-order valence-electron chi connectivity index (χ2n) is 8.89. The summed E-state index contributed by atoms with van der Waals surface area (Å²) in [6, 6.07) is 18.9. The second-order valence-corrected chi connectivity index (χ2v) is 8.89. The van der Waals surface area contributed by atoms with Gasteiger partial charge in [-0.15, -0.1) is 0 Å². The van der Waals surface area contributed by atoms with Crippen LogP contribution >= 0.6 is 0 Å². The number of aliphatic hydroxyl groups excluding tert-OH is 1. The molecule has 6 nitrogen and oxygen atoms in total. The van der Waals surface area contributed by atoms with E-state index >= 15 is 0 Å². The minimum Gasteiger partial charge on any atom is -0.507 e. The summed E-state index contributed by atoms with van der Waals surface area (Å²) in [5.41, 5.74) is 3.44. The van der Waals surface area contributed by atoms with Gasteiger partial charge in [-0.1, -0.05) is 30.3 Å². The van der Waals surface area contributed by atoms with E-state index in [2.05, 4.69) is 0 Å². The van der Waals surface area contributed by atoms with Crippen molar-refractivity contribution in [3.63, 3.8) is 0 Å². The van der Waals surface area contributed by atoms with Crippen molar-refractivity contribution in [1.82, 2.24) is 0 Å². The second kappa shape index (κ2) is 9.66. The van der Waals surface area contributed by atoms with Crippen molar-refractivity contribution in [3.8, 4) is 11.5 Å². The van der Waals surface area contributed by atoms with E-state index in [4.69, 9.17) is 9.47 Å². The molecule has 1 N–H and O–H groups in total. The van der Waals surface area contributed by atoms with Crippen LogP contribution in [0.15, 0.2) is 72.3 Å². The van der Waals surface area contributed by atoms with Crippen molar-refractivity contribution >= 4 is 23.1 Å². The molecule has 1 atom stereocenters. The Morgan fingerprint density at radius 1 is 0.971 bits per heavy atom. The Bertz CT molecular complexity index is 1310. The van der Waals surface area contributed by atoms with Gasteiger partial charge in [0.1, 0.15) is 17.3 Å². The van der Waals surface area contributed by atoms with Crippen molar-refractivity contribution in [1.29, 1.82) is 0 Å². The molecule has 6 heteroatoms. The first-order valence-electron chi connectivity index (χ1n) is 11.5. The molecule has 3 aromatic rings. The predicted octanol–water partition coefficient (Wildman–Crippen LogP) is 5.73. The predicted molar refractivity (Wildman–Crippen MR) is 136 cm³/mol. The van der Waals surface area contributed by atoms with Crippen molar-refractivity contribution in [2.24, 2.45) is 0 Å². The van der Waals surface area contributed by atoms with Gasteiger partial charge in [-0.25, -0.2) is 0 Å². The van der Waals surface area contributed by atoms with E-state index in [1.807, 2.05) is 58.0 Å². The van der Waals surface area contributed by atoms with E-state index in [9.17, 15) is 14.7 Å². The third-order valence-electron chi connectivity index (χ3n) is 6.00. The van der Waals surface area contributed by atoms with E-state index < -0.39 is 17.7 Å². The van der Waals surface area contributed by atoms with Crippen LogP contribution < -0.4 is 14.4 Å². The van der Waals surface area contributed by atoms with Crippen LogP contribution in [0.3, 0.4) is 0 Å². The van der Waals surface area contributed by atoms with Crippen LogP contribution in [0.4, 0.5) is 5.69 Å². The number of nitrogens with zero attached hydrogens (tertiary/aromatic N) is 1. The fourth-order valence-electron chi connectivity index (χ4n) is 4.37. The number of hydrogen-bond donors (Lipinski definition) is 1. The van der Waals surface area contributed by atoms with Gasteiger partial charge in [-0.05, 0) is 75.2 Å². The number of aryl methyl sites for hydroxylation is 2. The van der Waals surface area contributed by atoms with Gasteiger partial charge in [-0.3, -0.25) is 14.5 Å². The molecular formula is C29H29NO5. The van der Waals surface area contributed by atoms with E-state index in [-0.39, 0.29) is 17.4 Å². The number of anilines is 1. The van der Waals surface area contributed by atoms with E-state index in [0.29, 0.717) is 28.3 Å². The maximum atomic E-state index is 13.4. The SMILES string of the molecule is COc1ccccc1C1/C(=C(\O)c2ccc(OC(C)C)cc2)C(=O)C(=O)N1c1cc(C)ccc1C. The number of amides is 1. The van der Waals surface area contributed by atoms with Crippen molar-refractivity contribution < 1.29 is 24.2 Å². The number of ketones is 1. The first kappa shape index (κ1) is 24.1. The lowest BCUT2D eigenvalue weighted by Gasteiger charge is -2.28. The van der Waals surface area contributed by atoms with Crippen LogP contribution in [-0.4, -0.2) is 30.0 Å². The van der Waals surface area contributed by atoms with Crippen molar-refractivity contribution in [3.05, 3.63) is 94.6 Å². The Morgan fingerprint density at radius 3 is 2.31 bits per heavy atom. The molecule has 1 heterocycles. The number of aliphatic hydroxyl groups is 1. The highest BCUT2D eigenvalue weighted by Gasteiger charge is 2.48. The number of ether oxygens (including phenoxy) is 2. The number of rotatable bonds is 6. The highest BCUT2D eigenvalue weighted by atomic mass is 16.5. The lowest BCUT2D eigenvalue weighted by atomic mass is 9.94. The first-order chi connectivity index (χ1) is 16.7. The fourth-order valence-corrected chi connectivity index (χ4v) is 4.37. The summed E-state index contributed by atoms with van der Waals surface area (Å²) < 4.78 is 11.3. The molecule has 0 saturated carbocycles. The molecule has 35 heavy (non-hydrogen) atoms. The molecule has 1 aliphatic heterocycles. The van der Waals surface area contributed by atoms with Crippen LogP contribution in [0, 0.1) is 13.8 Å². The lowest BCUT2D eigenvalue weighted by Crippen LogP contribution is -2.30. The lowest BCUT2D eigenvalue weighted by molar-refractivity contribution is -0.132. The summed E-state index contributed by atoms with van der Waals surface area (Å²) in [6.07, 6.45) is 0.00267. The van der Waals surface area contributed by atoms with Gasteiger partial charge in [0.25, 0.3) is 11.7 Å². The first-order valence-corrected chi connectivity index (χ1v) is 11.5. The van der Waals surface area contributed by atoms with E-state index in [0.717, 1.165) is 11.1 Å². The maximum absolute atomic E-state index is 13.4. The van der Waals surface area contributed by atoms with Crippen LogP contribution in [0.25, 0.3) is 5.76 Å². The maximum Gasteiger partial charge on any atom is 0.300 e. The van der Waals surface area contributed by atoms with Gasteiger partial charge in [0, 0.05) is 16.8 Å². The third-order valence-corrected chi connectivity index (χ3v) is 6.00. The molecule has 1 amide bonds. The number of hydrogen-bond acceptors (Lipinski definition) is 5. The molecule has 4 rings (SSSR count). The van der Waals surface area contributed by atoms with Gasteiger partial charge in [0.05, 0.1) is 24.8 Å². The number of methoxy groups -OCH3 is 1. The molecule has 0 radical (unpaired) electrons. The molecule has 0 aliphatic carbocycles. The summed E-state index contributed by atoms with van der Waals surface area (Å²) in [6.45, 7) is 7.67. The van der Waals surface area contributed by atoms with Crippen LogP contribution in [0.5, 0.6) is 11.5 Å². The van der Waals surface area contributed by atoms with Crippen LogP contribution in [0.1, 0.15) is 42.1 Å². The van der Waals surface area contributed by atoms with Crippen LogP contribution in [-0.2, 0) is 9.59 Å². The minimum atomic E-state index is -0.863. The normalized spacial score (nSPS) is 17.2. The highest BCUT2D eigenvalue weighted by Crippen LogP contribution is 2.45. The molecule has 1 unspecified atom stereocenters. The quantitative estimate of drug-likeness (QED) is 0.282. The van der Waals surface area contributed by atoms with Crippen molar-refractivity contribution in [2.45, 2.75) is 39.8 Å². The van der Waals surface area contributed by atoms with E-state index in [1.54, 1.807) is 36.4 Å². The van der Waals surface area contributed by atoms with Gasteiger partial charge in [0.15, 0.2) is 0 Å². The average molecular weight is 472 g/mol. The van der Waals surface area contributed by atoms with Crippen LogP contribution in [0.2, 0.25) is 0 Å². The standard InChI is InChI=1S/C29H29NO5/c1-17(2)35-21-14-12-20(13-15-21)27(31)25-26(22-8-6-7-9-24(22)34-5)30(29(33)28(25)32)23-16-18(3)10-11-19(23)4/h6-17,26,31H,1-5H3/b27-25+. The molecular weight excluding hydrogens is 442 g/mol. The molecule has 0 spiro atoms. The van der Waals surface area contributed by atoms with E-state index in [1.165, 1.54) is 12.0 Å². The largest absolute Gasteiger partial charge is 0.507 e. The van der Waals surface area contributed by atoms with Gasteiger partial charge < -0.3 is 14.6 Å². The molecule has 0 bridgehead atoms. The topological polar surface area (TPSA) is 76.1 Å². The summed E-state index contributed by atoms with van der Waals surface area (Å²) in [7, 11) is 1.54. The Labute approximate surface area is 205 Å². The number of Topliss-reactive ketones (excluding diaryl/α,β-unsaturated/α-hetero) is 1. The Hall–Kier alpha value is -4.06. The number of carbonyl (C=O) groups is 2. The molecule has 1 aliphatic rings. The number of carbonyl (C=O) groups excluding carboxylic acids is 2. The summed E-state index contributed by atoms with van der Waals surface area (Å²) in [5, 5.41) is 11.4. The van der Waals surface area contributed by atoms with Gasteiger partial charge >= 0.3 is 0 Å². The smallest absolute Gasteiger partial charge is 0.300 e. The summed E-state index contributed by atoms with van der Waals surface area (Å²) in [4.78, 5) is 28.3. The summed E-state index contributed by atoms with van der Waals surface area (Å²) >= 11 is 0. The molecule has 3 aromatic carbocycles. The van der Waals surface area contributed by atoms with Crippen molar-refractivity contribution in [2.75, 3.05) is 12.0 Å². The number of benzene rings is 3. The molecule has 1 fully saturated rings. The minimum absolute atomic E-state index is 0.00267. The zero-order valence-electron chi connectivity index (χ0n) is 20.5. The fraction of sp³-hybridized carbons (Fsp3) is 0.241. The average Bonchev–Trinajstić information content (AvgIpc) is 3.10. The van der Waals surface area contributed by atoms with Gasteiger partial charge in [0.2, 0.25) is 0 Å². The zero-order chi connectivity index (χ0) is 25.3. The Kier molecular flexibility index (Phi) is 6.65. The van der Waals surface area contributed by atoms with Gasteiger partial charge in [-0.2, -0.15) is 0 Å². The number of para-hydroxylation sites is 1. The monoisotopic (exact) mass is 471 g/mol. The Morgan fingerprint density at radius 2 is 1.66 bits per heavy atom. The Balaban J connectivity index is 1.94. The third kappa shape index (κ3) is 4.52. The highest BCUT2D eigenvalue weighted by molar-refractivity contribution is 6.51. The molecule has 180 valence electrons.